The topological polar surface area (TPSA) is 107 Å². The lowest BCUT2D eigenvalue weighted by atomic mass is 9.98. The lowest BCUT2D eigenvalue weighted by Gasteiger charge is -2.22. The molecule has 0 aliphatic heterocycles. The molecule has 0 heterocycles. The van der Waals surface area contributed by atoms with Crippen molar-refractivity contribution in [2.75, 3.05) is 27.9 Å². The molecule has 1 aromatic rings. The molecule has 8 heteroatoms. The number of hydrogen-bond donors (Lipinski definition) is 1. The van der Waals surface area contributed by atoms with Gasteiger partial charge in [0.15, 0.2) is 18.1 Å². The molecule has 0 aromatic heterocycles. The van der Waals surface area contributed by atoms with Gasteiger partial charge in [0.2, 0.25) is 0 Å². The van der Waals surface area contributed by atoms with Crippen molar-refractivity contribution in [2.45, 2.75) is 25.3 Å². The number of rotatable bonds is 8. The molecule has 140 valence electrons. The lowest BCUT2D eigenvalue weighted by Crippen LogP contribution is -2.48. The molecule has 1 aromatic carbocycles. The van der Waals surface area contributed by atoms with Crippen molar-refractivity contribution < 1.29 is 28.5 Å². The minimum atomic E-state index is -0.940. The molecule has 1 amide bonds. The van der Waals surface area contributed by atoms with E-state index in [1.54, 1.807) is 6.92 Å². The first-order chi connectivity index (χ1) is 12.4. The Labute approximate surface area is 152 Å². The molecule has 1 aliphatic rings. The SMILES string of the molecule is COc1cc(OC)c(C(=O)OCC(=O)N[C@@](C)(C#N)C2CC2)cc1OC. The van der Waals surface area contributed by atoms with Crippen LogP contribution in [0, 0.1) is 17.2 Å². The fraction of sp³-hybridized carbons (Fsp3) is 0.500. The van der Waals surface area contributed by atoms with Crippen LogP contribution in [0.25, 0.3) is 0 Å². The molecule has 0 spiro atoms. The summed E-state index contributed by atoms with van der Waals surface area (Å²) in [6, 6.07) is 5.03. The Morgan fingerprint density at radius 1 is 1.15 bits per heavy atom. The summed E-state index contributed by atoms with van der Waals surface area (Å²) in [4.78, 5) is 24.4. The second kappa shape index (κ2) is 7.95. The van der Waals surface area contributed by atoms with Gasteiger partial charge in [-0.25, -0.2) is 4.79 Å². The summed E-state index contributed by atoms with van der Waals surface area (Å²) in [5, 5.41) is 11.9. The van der Waals surface area contributed by atoms with Crippen LogP contribution in [0.15, 0.2) is 12.1 Å². The number of carbonyl (C=O) groups is 2. The van der Waals surface area contributed by atoms with Gasteiger partial charge in [-0.2, -0.15) is 5.26 Å². The normalized spacial score (nSPS) is 15.2. The Kier molecular flexibility index (Phi) is 5.93. The fourth-order valence-electron chi connectivity index (χ4n) is 2.61. The van der Waals surface area contributed by atoms with E-state index in [2.05, 4.69) is 11.4 Å². The molecule has 1 fully saturated rings. The average Bonchev–Trinajstić information content (AvgIpc) is 3.50. The summed E-state index contributed by atoms with van der Waals surface area (Å²) < 4.78 is 20.5. The number of esters is 1. The van der Waals surface area contributed by atoms with Crippen molar-refractivity contribution in [1.82, 2.24) is 5.32 Å². The molecule has 1 atom stereocenters. The van der Waals surface area contributed by atoms with Gasteiger partial charge in [0.25, 0.3) is 5.91 Å². The molecule has 26 heavy (non-hydrogen) atoms. The van der Waals surface area contributed by atoms with Gasteiger partial charge in [-0.3, -0.25) is 4.79 Å². The summed E-state index contributed by atoms with van der Waals surface area (Å²) in [7, 11) is 4.30. The monoisotopic (exact) mass is 362 g/mol. The Morgan fingerprint density at radius 2 is 1.73 bits per heavy atom. The van der Waals surface area contributed by atoms with E-state index in [1.807, 2.05) is 0 Å². The molecule has 8 nitrogen and oxygen atoms in total. The number of nitrogens with one attached hydrogen (secondary N) is 1. The molecule has 1 aliphatic carbocycles. The van der Waals surface area contributed by atoms with E-state index in [9.17, 15) is 14.9 Å². The lowest BCUT2D eigenvalue weighted by molar-refractivity contribution is -0.125. The second-order valence-corrected chi connectivity index (χ2v) is 6.12. The van der Waals surface area contributed by atoms with Crippen LogP contribution in [0.4, 0.5) is 0 Å². The number of benzene rings is 1. The highest BCUT2D eigenvalue weighted by atomic mass is 16.5. The fourth-order valence-corrected chi connectivity index (χ4v) is 2.61. The van der Waals surface area contributed by atoms with Gasteiger partial charge >= 0.3 is 5.97 Å². The summed E-state index contributed by atoms with van der Waals surface area (Å²) in [6.45, 7) is 1.17. The van der Waals surface area contributed by atoms with E-state index >= 15 is 0 Å². The maximum atomic E-state index is 12.3. The van der Waals surface area contributed by atoms with E-state index in [1.165, 1.54) is 33.5 Å². The third-order valence-electron chi connectivity index (χ3n) is 4.29. The van der Waals surface area contributed by atoms with Gasteiger partial charge in [-0.1, -0.05) is 0 Å². The van der Waals surface area contributed by atoms with Crippen LogP contribution in [0.3, 0.4) is 0 Å². The standard InChI is InChI=1S/C18H22N2O6/c1-18(10-19,11-5-6-11)20-16(21)9-26-17(22)12-7-14(24-3)15(25-4)8-13(12)23-2/h7-8,11H,5-6,9H2,1-4H3,(H,20,21)/t18-/m0/s1. The van der Waals surface area contributed by atoms with E-state index in [-0.39, 0.29) is 17.2 Å². The highest BCUT2D eigenvalue weighted by Crippen LogP contribution is 2.39. The number of ether oxygens (including phenoxy) is 4. The molecule has 1 saturated carbocycles. The van der Waals surface area contributed by atoms with Gasteiger partial charge in [0.05, 0.1) is 27.4 Å². The van der Waals surface area contributed by atoms with Gasteiger partial charge in [0.1, 0.15) is 16.9 Å². The zero-order valence-electron chi connectivity index (χ0n) is 15.3. The van der Waals surface area contributed by atoms with Crippen molar-refractivity contribution in [3.8, 4) is 23.3 Å². The van der Waals surface area contributed by atoms with Crippen LogP contribution < -0.4 is 19.5 Å². The molecule has 0 bridgehead atoms. The number of methoxy groups -OCH3 is 3. The van der Waals surface area contributed by atoms with Crippen LogP contribution in [0.5, 0.6) is 17.2 Å². The van der Waals surface area contributed by atoms with Crippen LogP contribution in [-0.4, -0.2) is 45.4 Å². The summed E-state index contributed by atoms with van der Waals surface area (Å²) >= 11 is 0. The third kappa shape index (κ3) is 4.17. The third-order valence-corrected chi connectivity index (χ3v) is 4.29. The summed E-state index contributed by atoms with van der Waals surface area (Å²) in [5.74, 6) is -0.189. The molecule has 0 saturated heterocycles. The number of hydrogen-bond acceptors (Lipinski definition) is 7. The Bertz CT molecular complexity index is 738. The highest BCUT2D eigenvalue weighted by molar-refractivity contribution is 5.95. The average molecular weight is 362 g/mol. The second-order valence-electron chi connectivity index (χ2n) is 6.12. The Morgan fingerprint density at radius 3 is 2.23 bits per heavy atom. The van der Waals surface area contributed by atoms with Crippen LogP contribution in [0.2, 0.25) is 0 Å². The van der Waals surface area contributed by atoms with E-state index < -0.39 is 24.0 Å². The first-order valence-electron chi connectivity index (χ1n) is 8.08. The Balaban J connectivity index is 2.05. The molecule has 1 N–H and O–H groups in total. The minimum Gasteiger partial charge on any atom is -0.496 e. The van der Waals surface area contributed by atoms with Crippen LogP contribution in [-0.2, 0) is 9.53 Å². The van der Waals surface area contributed by atoms with E-state index in [0.29, 0.717) is 11.5 Å². The first kappa shape index (κ1) is 19.4. The van der Waals surface area contributed by atoms with Crippen molar-refractivity contribution in [1.29, 1.82) is 5.26 Å². The van der Waals surface area contributed by atoms with Crippen LogP contribution in [0.1, 0.15) is 30.1 Å². The predicted molar refractivity (Wildman–Crippen MR) is 91.3 cm³/mol. The molecular formula is C18H22N2O6. The zero-order valence-corrected chi connectivity index (χ0v) is 15.3. The number of nitrogens with zero attached hydrogens (tertiary/aromatic N) is 1. The summed E-state index contributed by atoms with van der Waals surface area (Å²) in [6.07, 6.45) is 1.79. The Hall–Kier alpha value is -2.95. The predicted octanol–water partition coefficient (Wildman–Crippen LogP) is 1.68. The van der Waals surface area contributed by atoms with Gasteiger partial charge in [0, 0.05) is 12.1 Å². The number of carbonyl (C=O) groups excluding carboxylic acids is 2. The van der Waals surface area contributed by atoms with E-state index in [0.717, 1.165) is 12.8 Å². The van der Waals surface area contributed by atoms with Crippen molar-refractivity contribution in [3.63, 3.8) is 0 Å². The number of nitriles is 1. The first-order valence-corrected chi connectivity index (χ1v) is 8.08. The quantitative estimate of drug-likeness (QED) is 0.701. The van der Waals surface area contributed by atoms with Gasteiger partial charge in [-0.05, 0) is 25.7 Å². The molecule has 0 unspecified atom stereocenters. The van der Waals surface area contributed by atoms with Crippen LogP contribution >= 0.6 is 0 Å². The van der Waals surface area contributed by atoms with Crippen molar-refractivity contribution >= 4 is 11.9 Å². The smallest absolute Gasteiger partial charge is 0.342 e. The van der Waals surface area contributed by atoms with Gasteiger partial charge in [-0.15, -0.1) is 0 Å². The van der Waals surface area contributed by atoms with E-state index in [4.69, 9.17) is 18.9 Å². The van der Waals surface area contributed by atoms with Gasteiger partial charge < -0.3 is 24.3 Å². The molecule has 0 radical (unpaired) electrons. The molecular weight excluding hydrogens is 340 g/mol. The largest absolute Gasteiger partial charge is 0.496 e. The van der Waals surface area contributed by atoms with Crippen molar-refractivity contribution in [2.24, 2.45) is 5.92 Å². The zero-order chi connectivity index (χ0) is 19.3. The summed E-state index contributed by atoms with van der Waals surface area (Å²) in [5.41, 5.74) is -0.840. The maximum Gasteiger partial charge on any atom is 0.342 e. The maximum absolute atomic E-state index is 12.3. The molecule has 2 rings (SSSR count). The minimum absolute atomic E-state index is 0.100. The highest BCUT2D eigenvalue weighted by Gasteiger charge is 2.43. The van der Waals surface area contributed by atoms with Crippen molar-refractivity contribution in [3.05, 3.63) is 17.7 Å². The number of amides is 1.